The third-order valence-electron chi connectivity index (χ3n) is 6.04. The van der Waals surface area contributed by atoms with Crippen LogP contribution < -0.4 is 4.74 Å². The number of aryl methyl sites for hydroxylation is 1. The molecule has 4 rings (SSSR count). The third kappa shape index (κ3) is 5.64. The van der Waals surface area contributed by atoms with E-state index in [9.17, 15) is 4.79 Å². The second-order valence-electron chi connectivity index (χ2n) is 8.91. The van der Waals surface area contributed by atoms with Gasteiger partial charge in [-0.1, -0.05) is 36.4 Å². The number of aromatic nitrogens is 2. The molecule has 35 heavy (non-hydrogen) atoms. The van der Waals surface area contributed by atoms with E-state index < -0.39 is 0 Å². The fourth-order valence-electron chi connectivity index (χ4n) is 4.15. The number of carbonyl (C=O) groups is 1. The highest BCUT2D eigenvalue weighted by atomic mass is 35.5. The molecule has 4 aromatic rings. The van der Waals surface area contributed by atoms with Crippen molar-refractivity contribution in [1.29, 1.82) is 0 Å². The van der Waals surface area contributed by atoms with Gasteiger partial charge in [-0.2, -0.15) is 0 Å². The van der Waals surface area contributed by atoms with Gasteiger partial charge in [-0.05, 0) is 86.1 Å². The Morgan fingerprint density at radius 3 is 2.60 bits per heavy atom. The summed E-state index contributed by atoms with van der Waals surface area (Å²) in [6.07, 6.45) is 4.35. The van der Waals surface area contributed by atoms with Crippen LogP contribution in [0.1, 0.15) is 17.5 Å². The lowest BCUT2D eigenvalue weighted by atomic mass is 9.94. The van der Waals surface area contributed by atoms with E-state index in [-0.39, 0.29) is 5.78 Å². The zero-order chi connectivity index (χ0) is 24.9. The number of pyridine rings is 1. The van der Waals surface area contributed by atoms with Crippen molar-refractivity contribution in [3.8, 4) is 28.1 Å². The molecule has 0 bridgehead atoms. The van der Waals surface area contributed by atoms with E-state index in [0.29, 0.717) is 18.1 Å². The quantitative estimate of drug-likeness (QED) is 0.205. The van der Waals surface area contributed by atoms with Crippen molar-refractivity contribution in [2.45, 2.75) is 19.8 Å². The largest absolute Gasteiger partial charge is 0.494 e. The van der Waals surface area contributed by atoms with Gasteiger partial charge in [-0.15, -0.1) is 0 Å². The number of benzene rings is 2. The molecule has 2 heterocycles. The number of ketones is 1. The first-order valence-corrected chi connectivity index (χ1v) is 12.0. The Kier molecular flexibility index (Phi) is 7.69. The molecule has 0 saturated heterocycles. The van der Waals surface area contributed by atoms with E-state index in [0.717, 1.165) is 63.3 Å². The summed E-state index contributed by atoms with van der Waals surface area (Å²) in [7, 11) is 4.12. The number of rotatable bonds is 10. The Hall–Kier alpha value is -3.41. The summed E-state index contributed by atoms with van der Waals surface area (Å²) in [6, 6.07) is 16.0. The molecule has 0 saturated carbocycles. The summed E-state index contributed by atoms with van der Waals surface area (Å²) < 4.78 is 5.91. The fourth-order valence-corrected chi connectivity index (χ4v) is 4.39. The first kappa shape index (κ1) is 24.7. The molecule has 2 aromatic carbocycles. The maximum absolute atomic E-state index is 12.1. The molecule has 0 unspecified atom stereocenters. The van der Waals surface area contributed by atoms with E-state index in [1.54, 1.807) is 12.3 Å². The lowest BCUT2D eigenvalue weighted by Crippen LogP contribution is -2.15. The number of halogens is 1. The number of H-pyrrole nitrogens is 1. The number of ether oxygens (including phenoxy) is 1. The molecular formula is C29H30ClN3O2. The highest BCUT2D eigenvalue weighted by molar-refractivity contribution is 6.36. The van der Waals surface area contributed by atoms with Crippen molar-refractivity contribution in [3.63, 3.8) is 0 Å². The molecule has 0 amide bonds. The zero-order valence-electron chi connectivity index (χ0n) is 20.4. The number of hydrogen-bond acceptors (Lipinski definition) is 4. The van der Waals surface area contributed by atoms with Crippen LogP contribution in [0.4, 0.5) is 0 Å². The molecular weight excluding hydrogens is 458 g/mol. The van der Waals surface area contributed by atoms with E-state index in [1.807, 2.05) is 37.3 Å². The van der Waals surface area contributed by atoms with Gasteiger partial charge in [-0.3, -0.25) is 4.79 Å². The lowest BCUT2D eigenvalue weighted by Gasteiger charge is -2.12. The summed E-state index contributed by atoms with van der Waals surface area (Å²) in [5.41, 5.74) is 6.60. The van der Waals surface area contributed by atoms with Crippen molar-refractivity contribution < 1.29 is 9.53 Å². The van der Waals surface area contributed by atoms with Crippen molar-refractivity contribution in [2.24, 2.45) is 0 Å². The average Bonchev–Trinajstić information content (AvgIpc) is 3.24. The third-order valence-corrected chi connectivity index (χ3v) is 6.35. The Labute approximate surface area is 211 Å². The van der Waals surface area contributed by atoms with Gasteiger partial charge in [-0.25, -0.2) is 4.98 Å². The normalized spacial score (nSPS) is 11.2. The maximum atomic E-state index is 12.1. The number of allylic oxidation sites excluding steroid dienone is 1. The topological polar surface area (TPSA) is 58.2 Å². The highest BCUT2D eigenvalue weighted by Gasteiger charge is 2.19. The van der Waals surface area contributed by atoms with E-state index in [2.05, 4.69) is 47.7 Å². The number of hydrogen-bond donors (Lipinski definition) is 1. The number of nitrogens with one attached hydrogen (secondary N) is 1. The van der Waals surface area contributed by atoms with E-state index in [1.165, 1.54) is 6.08 Å². The van der Waals surface area contributed by atoms with Crippen LogP contribution >= 0.6 is 11.6 Å². The predicted octanol–water partition coefficient (Wildman–Crippen LogP) is 6.49. The molecule has 0 aliphatic heterocycles. The molecule has 0 aliphatic carbocycles. The second-order valence-corrected chi connectivity index (χ2v) is 9.32. The Balaban J connectivity index is 1.74. The first-order valence-electron chi connectivity index (χ1n) is 11.7. The predicted molar refractivity (Wildman–Crippen MR) is 144 cm³/mol. The van der Waals surface area contributed by atoms with Gasteiger partial charge in [0, 0.05) is 30.1 Å². The van der Waals surface area contributed by atoms with Crippen LogP contribution in [0.15, 0.2) is 67.4 Å². The van der Waals surface area contributed by atoms with E-state index >= 15 is 0 Å². The zero-order valence-corrected chi connectivity index (χ0v) is 21.2. The molecule has 0 spiro atoms. The molecule has 0 aliphatic rings. The van der Waals surface area contributed by atoms with Crippen LogP contribution in [0.3, 0.4) is 0 Å². The number of aromatic amines is 1. The molecule has 5 nitrogen and oxygen atoms in total. The number of fused-ring (bicyclic) bond motifs is 1. The lowest BCUT2D eigenvalue weighted by molar-refractivity contribution is -0.114. The Morgan fingerprint density at radius 2 is 1.89 bits per heavy atom. The van der Waals surface area contributed by atoms with Crippen LogP contribution in [0.25, 0.3) is 33.4 Å². The van der Waals surface area contributed by atoms with Gasteiger partial charge in [0.25, 0.3) is 0 Å². The summed E-state index contributed by atoms with van der Waals surface area (Å²) in [5, 5.41) is 1.48. The highest BCUT2D eigenvalue weighted by Crippen LogP contribution is 2.41. The van der Waals surface area contributed by atoms with Gasteiger partial charge in [0.1, 0.15) is 11.4 Å². The monoisotopic (exact) mass is 487 g/mol. The Morgan fingerprint density at radius 1 is 1.14 bits per heavy atom. The van der Waals surface area contributed by atoms with E-state index in [4.69, 9.17) is 16.3 Å². The van der Waals surface area contributed by atoms with Gasteiger partial charge >= 0.3 is 0 Å². The number of nitrogens with zero attached hydrogens (tertiary/aromatic N) is 2. The van der Waals surface area contributed by atoms with Gasteiger partial charge in [0.15, 0.2) is 5.78 Å². The standard InChI is InChI=1S/C29H30ClN3O2/c1-5-23(34)18-22-17-21(8-7-19(22)2)26-27-25(30)13-14-31-29(27)32-28(26)20-9-11-24(12-10-20)35-16-6-15-33(3)4/h5,7-14,17H,1,6,15-16,18H2,2-4H3,(H,31,32). The molecule has 1 N–H and O–H groups in total. The van der Waals surface area contributed by atoms with Crippen molar-refractivity contribution in [1.82, 2.24) is 14.9 Å². The minimum atomic E-state index is -0.00901. The molecule has 0 atom stereocenters. The average molecular weight is 488 g/mol. The van der Waals surface area contributed by atoms with Crippen LogP contribution in [0.2, 0.25) is 5.02 Å². The molecule has 180 valence electrons. The Bertz CT molecular complexity index is 1360. The van der Waals surface area contributed by atoms with Crippen LogP contribution in [-0.4, -0.2) is 47.9 Å². The molecule has 0 radical (unpaired) electrons. The smallest absolute Gasteiger partial charge is 0.159 e. The van der Waals surface area contributed by atoms with Gasteiger partial charge in [0.05, 0.1) is 17.3 Å². The van der Waals surface area contributed by atoms with Crippen molar-refractivity contribution in [3.05, 3.63) is 83.5 Å². The SMILES string of the molecule is C=CC(=O)Cc1cc(-c2c(-c3ccc(OCCCN(C)C)cc3)[nH]c3nccc(Cl)c23)ccc1C. The fraction of sp³-hybridized carbons (Fsp3) is 0.241. The van der Waals surface area contributed by atoms with Crippen LogP contribution in [-0.2, 0) is 11.2 Å². The summed E-state index contributed by atoms with van der Waals surface area (Å²) in [5.74, 6) is 0.826. The summed E-state index contributed by atoms with van der Waals surface area (Å²) >= 11 is 6.66. The summed E-state index contributed by atoms with van der Waals surface area (Å²) in [4.78, 5) is 22.2. The number of carbonyl (C=O) groups excluding carboxylic acids is 1. The second kappa shape index (κ2) is 10.9. The molecule has 6 heteroatoms. The van der Waals surface area contributed by atoms with Crippen LogP contribution in [0, 0.1) is 6.92 Å². The minimum Gasteiger partial charge on any atom is -0.494 e. The maximum Gasteiger partial charge on any atom is 0.159 e. The molecule has 0 fully saturated rings. The minimum absolute atomic E-state index is 0.00901. The van der Waals surface area contributed by atoms with Crippen LogP contribution in [0.5, 0.6) is 5.75 Å². The molecule has 2 aromatic heterocycles. The van der Waals surface area contributed by atoms with Gasteiger partial charge in [0.2, 0.25) is 0 Å². The summed E-state index contributed by atoms with van der Waals surface area (Å²) in [6.45, 7) is 7.28. The van der Waals surface area contributed by atoms with Crippen molar-refractivity contribution in [2.75, 3.05) is 27.2 Å². The van der Waals surface area contributed by atoms with Gasteiger partial charge < -0.3 is 14.6 Å². The first-order chi connectivity index (χ1) is 16.9. The van der Waals surface area contributed by atoms with Crippen molar-refractivity contribution >= 4 is 28.4 Å².